The van der Waals surface area contributed by atoms with Crippen LogP contribution in [0.1, 0.15) is 21.7 Å². The van der Waals surface area contributed by atoms with E-state index in [2.05, 4.69) is 15.7 Å². The molecule has 0 fully saturated rings. The van der Waals surface area contributed by atoms with Gasteiger partial charge in [-0.1, -0.05) is 0 Å². The number of anilines is 1. The van der Waals surface area contributed by atoms with E-state index in [0.29, 0.717) is 22.7 Å². The van der Waals surface area contributed by atoms with Gasteiger partial charge in [0.25, 0.3) is 5.91 Å². The number of nitrogens with zero attached hydrogens (tertiary/aromatic N) is 2. The fourth-order valence-electron chi connectivity index (χ4n) is 2.38. The Labute approximate surface area is 146 Å². The van der Waals surface area contributed by atoms with E-state index in [1.807, 2.05) is 13.8 Å². The lowest BCUT2D eigenvalue weighted by atomic mass is 10.1. The fraction of sp³-hybridized carbons (Fsp3) is 0.353. The van der Waals surface area contributed by atoms with Crippen molar-refractivity contribution in [2.45, 2.75) is 13.8 Å². The molecule has 134 valence electrons. The number of hydrogen-bond acceptors (Lipinski definition) is 5. The number of carbonyl (C=O) groups excluding carboxylic acids is 2. The minimum absolute atomic E-state index is 0.165. The van der Waals surface area contributed by atoms with Crippen molar-refractivity contribution in [3.63, 3.8) is 0 Å². The number of amides is 2. The van der Waals surface area contributed by atoms with Crippen LogP contribution in [0.5, 0.6) is 11.5 Å². The summed E-state index contributed by atoms with van der Waals surface area (Å²) >= 11 is 0. The highest BCUT2D eigenvalue weighted by Gasteiger charge is 2.16. The van der Waals surface area contributed by atoms with Crippen molar-refractivity contribution >= 4 is 17.5 Å². The van der Waals surface area contributed by atoms with Crippen molar-refractivity contribution in [3.05, 3.63) is 35.2 Å². The molecule has 0 aliphatic rings. The van der Waals surface area contributed by atoms with Crippen LogP contribution in [-0.4, -0.2) is 42.4 Å². The monoisotopic (exact) mass is 346 g/mol. The molecule has 0 saturated carbocycles. The number of ether oxygens (including phenoxy) is 2. The smallest absolute Gasteiger partial charge is 0.255 e. The lowest BCUT2D eigenvalue weighted by Crippen LogP contribution is -2.33. The summed E-state index contributed by atoms with van der Waals surface area (Å²) in [5.74, 6) is 0.208. The van der Waals surface area contributed by atoms with Crippen LogP contribution in [0.15, 0.2) is 18.2 Å². The van der Waals surface area contributed by atoms with Gasteiger partial charge in [0.05, 0.1) is 43.4 Å². The van der Waals surface area contributed by atoms with Crippen LogP contribution in [0.4, 0.5) is 5.69 Å². The maximum atomic E-state index is 12.3. The van der Waals surface area contributed by atoms with Crippen molar-refractivity contribution in [2.24, 2.45) is 7.05 Å². The number of methoxy groups -OCH3 is 2. The molecule has 0 atom stereocenters. The van der Waals surface area contributed by atoms with Crippen LogP contribution >= 0.6 is 0 Å². The second-order valence-electron chi connectivity index (χ2n) is 5.47. The van der Waals surface area contributed by atoms with Crippen LogP contribution in [0.2, 0.25) is 0 Å². The van der Waals surface area contributed by atoms with Gasteiger partial charge in [-0.15, -0.1) is 0 Å². The standard InChI is InChI=1S/C17H22N4O4/c1-10-16(11(2)21(3)20-10)19-15(22)9-18-17(23)13-7-6-12(24-4)8-14(13)25-5/h6-8H,9H2,1-5H3,(H,18,23)(H,19,22). The predicted molar refractivity (Wildman–Crippen MR) is 93.2 cm³/mol. The highest BCUT2D eigenvalue weighted by Crippen LogP contribution is 2.24. The van der Waals surface area contributed by atoms with Gasteiger partial charge in [0.1, 0.15) is 11.5 Å². The van der Waals surface area contributed by atoms with Gasteiger partial charge >= 0.3 is 0 Å². The van der Waals surface area contributed by atoms with Crippen molar-refractivity contribution < 1.29 is 19.1 Å². The molecule has 1 aromatic heterocycles. The van der Waals surface area contributed by atoms with Crippen LogP contribution in [0, 0.1) is 13.8 Å². The Hall–Kier alpha value is -3.03. The largest absolute Gasteiger partial charge is 0.497 e. The number of hydrogen-bond donors (Lipinski definition) is 2. The van der Waals surface area contributed by atoms with Crippen LogP contribution in [0.25, 0.3) is 0 Å². The molecule has 2 N–H and O–H groups in total. The van der Waals surface area contributed by atoms with E-state index in [1.54, 1.807) is 29.9 Å². The van der Waals surface area contributed by atoms with Gasteiger partial charge in [-0.25, -0.2) is 0 Å². The Morgan fingerprint density at radius 1 is 1.20 bits per heavy atom. The highest BCUT2D eigenvalue weighted by atomic mass is 16.5. The van der Waals surface area contributed by atoms with Crippen molar-refractivity contribution in [1.82, 2.24) is 15.1 Å². The summed E-state index contributed by atoms with van der Waals surface area (Å²) < 4.78 is 12.0. The van der Waals surface area contributed by atoms with Crippen LogP contribution in [0.3, 0.4) is 0 Å². The molecule has 8 heteroatoms. The summed E-state index contributed by atoms with van der Waals surface area (Å²) in [5.41, 5.74) is 2.54. The van der Waals surface area contributed by atoms with E-state index in [1.165, 1.54) is 14.2 Å². The molecule has 2 amide bonds. The molecule has 0 bridgehead atoms. The SMILES string of the molecule is COc1ccc(C(=O)NCC(=O)Nc2c(C)nn(C)c2C)c(OC)c1. The number of benzene rings is 1. The third-order valence-electron chi connectivity index (χ3n) is 3.84. The van der Waals surface area contributed by atoms with E-state index in [4.69, 9.17) is 9.47 Å². The van der Waals surface area contributed by atoms with Gasteiger partial charge in [0.15, 0.2) is 0 Å². The molecule has 0 aliphatic carbocycles. The highest BCUT2D eigenvalue weighted by molar-refractivity contribution is 6.01. The second-order valence-corrected chi connectivity index (χ2v) is 5.47. The van der Waals surface area contributed by atoms with Crippen molar-refractivity contribution in [3.8, 4) is 11.5 Å². The van der Waals surface area contributed by atoms with E-state index in [9.17, 15) is 9.59 Å². The van der Waals surface area contributed by atoms with Crippen molar-refractivity contribution in [2.75, 3.05) is 26.1 Å². The minimum atomic E-state index is -0.408. The average molecular weight is 346 g/mol. The average Bonchev–Trinajstić information content (AvgIpc) is 2.85. The summed E-state index contributed by atoms with van der Waals surface area (Å²) in [6.45, 7) is 3.50. The first-order valence-electron chi connectivity index (χ1n) is 7.67. The Bertz CT molecular complexity index is 798. The maximum Gasteiger partial charge on any atom is 0.255 e. The lowest BCUT2D eigenvalue weighted by molar-refractivity contribution is -0.115. The molecule has 2 aromatic rings. The Kier molecular flexibility index (Phi) is 5.63. The topological polar surface area (TPSA) is 94.5 Å². The van der Waals surface area contributed by atoms with E-state index in [0.717, 1.165) is 11.4 Å². The molecule has 0 spiro atoms. The summed E-state index contributed by atoms with van der Waals surface area (Å²) in [5, 5.41) is 9.57. The molecule has 25 heavy (non-hydrogen) atoms. The Balaban J connectivity index is 2.01. The molecule has 0 radical (unpaired) electrons. The first-order valence-corrected chi connectivity index (χ1v) is 7.67. The minimum Gasteiger partial charge on any atom is -0.497 e. The van der Waals surface area contributed by atoms with Crippen LogP contribution < -0.4 is 20.1 Å². The quantitative estimate of drug-likeness (QED) is 0.825. The summed E-state index contributed by atoms with van der Waals surface area (Å²) in [6, 6.07) is 4.84. The van der Waals surface area contributed by atoms with Gasteiger partial charge < -0.3 is 20.1 Å². The number of aromatic nitrogens is 2. The molecular formula is C17H22N4O4. The Morgan fingerprint density at radius 2 is 1.92 bits per heavy atom. The second kappa shape index (κ2) is 7.69. The van der Waals surface area contributed by atoms with Gasteiger partial charge in [-0.05, 0) is 26.0 Å². The lowest BCUT2D eigenvalue weighted by Gasteiger charge is -2.11. The normalized spacial score (nSPS) is 10.3. The number of rotatable bonds is 6. The molecule has 0 unspecified atom stereocenters. The summed E-state index contributed by atoms with van der Waals surface area (Å²) in [7, 11) is 4.79. The molecule has 1 aromatic carbocycles. The third-order valence-corrected chi connectivity index (χ3v) is 3.84. The number of aryl methyl sites for hydroxylation is 2. The molecule has 0 saturated heterocycles. The van der Waals surface area contributed by atoms with Gasteiger partial charge in [-0.3, -0.25) is 14.3 Å². The van der Waals surface area contributed by atoms with Crippen LogP contribution in [-0.2, 0) is 11.8 Å². The first-order chi connectivity index (χ1) is 11.9. The third kappa shape index (κ3) is 4.09. The van der Waals surface area contributed by atoms with Gasteiger partial charge in [0.2, 0.25) is 5.91 Å². The zero-order valence-electron chi connectivity index (χ0n) is 15.0. The predicted octanol–water partition coefficient (Wildman–Crippen LogP) is 1.42. The first kappa shape index (κ1) is 18.3. The molecule has 0 aliphatic heterocycles. The zero-order chi connectivity index (χ0) is 18.6. The zero-order valence-corrected chi connectivity index (χ0v) is 15.0. The van der Waals surface area contributed by atoms with Gasteiger partial charge in [0, 0.05) is 13.1 Å². The van der Waals surface area contributed by atoms with Gasteiger partial charge in [-0.2, -0.15) is 5.10 Å². The fourth-order valence-corrected chi connectivity index (χ4v) is 2.38. The van der Waals surface area contributed by atoms with E-state index < -0.39 is 5.91 Å². The maximum absolute atomic E-state index is 12.3. The number of nitrogens with one attached hydrogen (secondary N) is 2. The van der Waals surface area contributed by atoms with Crippen molar-refractivity contribution in [1.29, 1.82) is 0 Å². The molecule has 8 nitrogen and oxygen atoms in total. The van der Waals surface area contributed by atoms with E-state index in [-0.39, 0.29) is 12.5 Å². The number of carbonyl (C=O) groups is 2. The summed E-state index contributed by atoms with van der Waals surface area (Å²) in [6.07, 6.45) is 0. The Morgan fingerprint density at radius 3 is 2.48 bits per heavy atom. The molecular weight excluding hydrogens is 324 g/mol. The van der Waals surface area contributed by atoms with E-state index >= 15 is 0 Å². The molecule has 1 heterocycles. The summed E-state index contributed by atoms with van der Waals surface area (Å²) in [4.78, 5) is 24.4. The molecule has 2 rings (SSSR count).